The van der Waals surface area contributed by atoms with E-state index in [1.807, 2.05) is 42.2 Å². The van der Waals surface area contributed by atoms with Crippen LogP contribution in [-0.4, -0.2) is 24.7 Å². The lowest BCUT2D eigenvalue weighted by Gasteiger charge is -2.23. The number of ether oxygens (including phenoxy) is 1. The van der Waals surface area contributed by atoms with E-state index in [1.165, 1.54) is 0 Å². The Morgan fingerprint density at radius 2 is 1.77 bits per heavy atom. The summed E-state index contributed by atoms with van der Waals surface area (Å²) in [5.74, 6) is 0.473. The van der Waals surface area contributed by atoms with Gasteiger partial charge in [-0.1, -0.05) is 18.2 Å². The Labute approximate surface area is 135 Å². The van der Waals surface area contributed by atoms with Gasteiger partial charge in [-0.15, -0.1) is 0 Å². The summed E-state index contributed by atoms with van der Waals surface area (Å²) in [7, 11) is 1.59. The maximum atomic E-state index is 12.2. The lowest BCUT2D eigenvalue weighted by molar-refractivity contribution is 0.0977. The molecule has 114 valence electrons. The number of hydrogen-bond donors (Lipinski definition) is 1. The Morgan fingerprint density at radius 1 is 1.14 bits per heavy atom. The summed E-state index contributed by atoms with van der Waals surface area (Å²) in [4.78, 5) is 14.1. The van der Waals surface area contributed by atoms with Crippen LogP contribution in [0.3, 0.4) is 0 Å². The number of rotatable bonds is 4. The minimum absolute atomic E-state index is 0.234. The Morgan fingerprint density at radius 3 is 2.32 bits per heavy atom. The van der Waals surface area contributed by atoms with Crippen molar-refractivity contribution in [2.75, 3.05) is 18.6 Å². The van der Waals surface area contributed by atoms with Crippen LogP contribution in [0.2, 0.25) is 0 Å². The summed E-state index contributed by atoms with van der Waals surface area (Å²) in [5, 5.41) is 3.14. The molecule has 1 N–H and O–H groups in total. The number of amides is 1. The first-order chi connectivity index (χ1) is 10.7. The smallest absolute Gasteiger partial charge is 0.257 e. The van der Waals surface area contributed by atoms with E-state index in [-0.39, 0.29) is 5.91 Å². The molecule has 1 amide bonds. The molecule has 2 aromatic carbocycles. The molecule has 0 aliphatic carbocycles. The van der Waals surface area contributed by atoms with Gasteiger partial charge >= 0.3 is 0 Å². The van der Waals surface area contributed by atoms with Crippen molar-refractivity contribution in [3.05, 3.63) is 60.2 Å². The summed E-state index contributed by atoms with van der Waals surface area (Å²) in [5.41, 5.74) is 1.48. The van der Waals surface area contributed by atoms with Crippen molar-refractivity contribution >= 4 is 28.9 Å². The number of hydrogen-bond acceptors (Lipinski definition) is 3. The molecule has 5 heteroatoms. The van der Waals surface area contributed by atoms with Crippen molar-refractivity contribution in [3.63, 3.8) is 0 Å². The molecule has 0 atom stereocenters. The Bertz CT molecular complexity index is 641. The standard InChI is InChI=1S/C17H18N2O2S/c1-3-19(14-7-5-4-6-8-14)17(22)18-16(20)13-9-11-15(21-2)12-10-13/h4-12H,3H2,1-2H3,(H,18,20,22). The molecule has 0 bridgehead atoms. The number of nitrogens with one attached hydrogen (secondary N) is 1. The molecule has 0 spiro atoms. The van der Waals surface area contributed by atoms with Gasteiger partial charge in [-0.2, -0.15) is 0 Å². The van der Waals surface area contributed by atoms with Gasteiger partial charge in [0.05, 0.1) is 7.11 Å². The third-order valence-electron chi connectivity index (χ3n) is 3.20. The minimum atomic E-state index is -0.234. The highest BCUT2D eigenvalue weighted by molar-refractivity contribution is 7.80. The second-order valence-electron chi connectivity index (χ2n) is 4.57. The van der Waals surface area contributed by atoms with Crippen LogP contribution in [0.5, 0.6) is 5.75 Å². The van der Waals surface area contributed by atoms with Crippen molar-refractivity contribution in [3.8, 4) is 5.75 Å². The van der Waals surface area contributed by atoms with E-state index >= 15 is 0 Å². The number of benzene rings is 2. The molecule has 0 fully saturated rings. The van der Waals surface area contributed by atoms with Gasteiger partial charge in [0, 0.05) is 17.8 Å². The SMILES string of the molecule is CCN(C(=S)NC(=O)c1ccc(OC)cc1)c1ccccc1. The average Bonchev–Trinajstić information content (AvgIpc) is 2.56. The first kappa shape index (κ1) is 16.0. The van der Waals surface area contributed by atoms with Gasteiger partial charge in [0.1, 0.15) is 5.75 Å². The summed E-state index contributed by atoms with van der Waals surface area (Å²) in [6.07, 6.45) is 0. The lowest BCUT2D eigenvalue weighted by Crippen LogP contribution is -2.42. The molecule has 0 aromatic heterocycles. The summed E-state index contributed by atoms with van der Waals surface area (Å²) < 4.78 is 5.08. The van der Waals surface area contributed by atoms with Crippen molar-refractivity contribution < 1.29 is 9.53 Å². The first-order valence-corrected chi connectivity index (χ1v) is 7.38. The number of nitrogens with zero attached hydrogens (tertiary/aromatic N) is 1. The monoisotopic (exact) mass is 314 g/mol. The molecule has 0 aliphatic heterocycles. The Balaban J connectivity index is 2.07. The van der Waals surface area contributed by atoms with Crippen LogP contribution in [0.1, 0.15) is 17.3 Å². The molecule has 0 radical (unpaired) electrons. The van der Waals surface area contributed by atoms with Crippen LogP contribution in [0.25, 0.3) is 0 Å². The molecule has 22 heavy (non-hydrogen) atoms. The zero-order chi connectivity index (χ0) is 15.9. The van der Waals surface area contributed by atoms with Gasteiger partial charge in [-0.3, -0.25) is 10.1 Å². The lowest BCUT2D eigenvalue weighted by atomic mass is 10.2. The molecule has 0 saturated carbocycles. The van der Waals surface area contributed by atoms with Crippen molar-refractivity contribution in [1.82, 2.24) is 5.32 Å². The van der Waals surface area contributed by atoms with E-state index < -0.39 is 0 Å². The molecule has 4 nitrogen and oxygen atoms in total. The summed E-state index contributed by atoms with van der Waals surface area (Å²) >= 11 is 5.35. The van der Waals surface area contributed by atoms with Gasteiger partial charge in [-0.05, 0) is 55.5 Å². The number of para-hydroxylation sites is 1. The number of carbonyl (C=O) groups is 1. The highest BCUT2D eigenvalue weighted by Gasteiger charge is 2.14. The average molecular weight is 314 g/mol. The number of carbonyl (C=O) groups excluding carboxylic acids is 1. The van der Waals surface area contributed by atoms with Crippen LogP contribution in [0.4, 0.5) is 5.69 Å². The fourth-order valence-electron chi connectivity index (χ4n) is 2.03. The van der Waals surface area contributed by atoms with Gasteiger partial charge in [0.25, 0.3) is 5.91 Å². The second kappa shape index (κ2) is 7.56. The van der Waals surface area contributed by atoms with E-state index in [4.69, 9.17) is 17.0 Å². The predicted octanol–water partition coefficient (Wildman–Crippen LogP) is 3.24. The molecule has 0 saturated heterocycles. The maximum Gasteiger partial charge on any atom is 0.257 e. The van der Waals surface area contributed by atoms with Gasteiger partial charge in [0.15, 0.2) is 5.11 Å². The molecular formula is C17H18N2O2S. The van der Waals surface area contributed by atoms with E-state index in [0.29, 0.717) is 23.0 Å². The van der Waals surface area contributed by atoms with Crippen LogP contribution in [0, 0.1) is 0 Å². The highest BCUT2D eigenvalue weighted by Crippen LogP contribution is 2.14. The quantitative estimate of drug-likeness (QED) is 0.880. The molecule has 2 aromatic rings. The largest absolute Gasteiger partial charge is 0.497 e. The molecule has 0 unspecified atom stereocenters. The molecular weight excluding hydrogens is 296 g/mol. The van der Waals surface area contributed by atoms with Gasteiger partial charge in [0.2, 0.25) is 0 Å². The number of methoxy groups -OCH3 is 1. The topological polar surface area (TPSA) is 41.6 Å². The van der Waals surface area contributed by atoms with Crippen LogP contribution < -0.4 is 15.0 Å². The first-order valence-electron chi connectivity index (χ1n) is 6.97. The molecule has 2 rings (SSSR count). The highest BCUT2D eigenvalue weighted by atomic mass is 32.1. The summed E-state index contributed by atoms with van der Waals surface area (Å²) in [6, 6.07) is 16.6. The number of anilines is 1. The second-order valence-corrected chi connectivity index (χ2v) is 4.95. The zero-order valence-electron chi connectivity index (χ0n) is 12.6. The van der Waals surface area contributed by atoms with E-state index in [2.05, 4.69) is 5.32 Å². The van der Waals surface area contributed by atoms with Gasteiger partial charge in [-0.25, -0.2) is 0 Å². The van der Waals surface area contributed by atoms with Crippen molar-refractivity contribution in [2.45, 2.75) is 6.92 Å². The number of thiocarbonyl (C=S) groups is 1. The van der Waals surface area contributed by atoms with Gasteiger partial charge < -0.3 is 9.64 Å². The Hall–Kier alpha value is -2.40. The van der Waals surface area contributed by atoms with E-state index in [1.54, 1.807) is 31.4 Å². The minimum Gasteiger partial charge on any atom is -0.497 e. The predicted molar refractivity (Wildman–Crippen MR) is 92.5 cm³/mol. The van der Waals surface area contributed by atoms with Crippen LogP contribution in [-0.2, 0) is 0 Å². The van der Waals surface area contributed by atoms with E-state index in [9.17, 15) is 4.79 Å². The maximum absolute atomic E-state index is 12.2. The zero-order valence-corrected chi connectivity index (χ0v) is 13.4. The third-order valence-corrected chi connectivity index (χ3v) is 3.52. The van der Waals surface area contributed by atoms with E-state index in [0.717, 1.165) is 5.69 Å². The third kappa shape index (κ3) is 3.83. The molecule has 0 aliphatic rings. The van der Waals surface area contributed by atoms with Crippen molar-refractivity contribution in [2.24, 2.45) is 0 Å². The van der Waals surface area contributed by atoms with Crippen molar-refractivity contribution in [1.29, 1.82) is 0 Å². The fourth-order valence-corrected chi connectivity index (χ4v) is 2.36. The molecule has 0 heterocycles. The van der Waals surface area contributed by atoms with Crippen LogP contribution >= 0.6 is 12.2 Å². The fraction of sp³-hybridized carbons (Fsp3) is 0.176. The summed E-state index contributed by atoms with van der Waals surface area (Å²) in [6.45, 7) is 2.66. The normalized spacial score (nSPS) is 9.91. The van der Waals surface area contributed by atoms with Crippen LogP contribution in [0.15, 0.2) is 54.6 Å². The Kier molecular flexibility index (Phi) is 5.49.